The molecule has 0 spiro atoms. The van der Waals surface area contributed by atoms with Crippen LogP contribution in [0.1, 0.15) is 39.0 Å². The number of hydrogen-bond acceptors (Lipinski definition) is 3. The fourth-order valence-electron chi connectivity index (χ4n) is 2.10. The molecule has 0 unspecified atom stereocenters. The Morgan fingerprint density at radius 1 is 1.14 bits per heavy atom. The summed E-state index contributed by atoms with van der Waals surface area (Å²) in [7, 11) is 0. The van der Waals surface area contributed by atoms with E-state index in [4.69, 9.17) is 16.6 Å². The van der Waals surface area contributed by atoms with Crippen LogP contribution in [0.4, 0.5) is 5.82 Å². The third-order valence-electron chi connectivity index (χ3n) is 3.28. The van der Waals surface area contributed by atoms with E-state index in [0.717, 1.165) is 40.0 Å². The zero-order valence-electron chi connectivity index (χ0n) is 13.3. The quantitative estimate of drug-likeness (QED) is 0.882. The molecule has 1 N–H and O–H groups in total. The molecule has 0 amide bonds. The number of anilines is 1. The van der Waals surface area contributed by atoms with Crippen LogP contribution in [0.2, 0.25) is 5.02 Å². The molecule has 0 fully saturated rings. The van der Waals surface area contributed by atoms with Crippen LogP contribution in [0, 0.1) is 6.92 Å². The van der Waals surface area contributed by atoms with E-state index < -0.39 is 0 Å². The van der Waals surface area contributed by atoms with Gasteiger partial charge in [-0.05, 0) is 37.6 Å². The minimum absolute atomic E-state index is 0.0256. The SMILES string of the molecule is CCNc1cc(C(C)(C)C)nc(-c2ccc(Cl)cc2C)n1. The highest BCUT2D eigenvalue weighted by Crippen LogP contribution is 2.28. The topological polar surface area (TPSA) is 37.8 Å². The molecule has 3 nitrogen and oxygen atoms in total. The van der Waals surface area contributed by atoms with Crippen molar-refractivity contribution in [2.75, 3.05) is 11.9 Å². The van der Waals surface area contributed by atoms with Crippen molar-refractivity contribution < 1.29 is 0 Å². The normalized spacial score (nSPS) is 11.5. The van der Waals surface area contributed by atoms with Gasteiger partial charge in [0.05, 0.1) is 5.69 Å². The number of hydrogen-bond donors (Lipinski definition) is 1. The summed E-state index contributed by atoms with van der Waals surface area (Å²) in [6.07, 6.45) is 0. The molecule has 112 valence electrons. The lowest BCUT2D eigenvalue weighted by molar-refractivity contribution is 0.568. The molecule has 0 saturated carbocycles. The number of aromatic nitrogens is 2. The van der Waals surface area contributed by atoms with Crippen LogP contribution in [-0.4, -0.2) is 16.5 Å². The summed E-state index contributed by atoms with van der Waals surface area (Å²) in [6.45, 7) is 11.4. The molecule has 0 atom stereocenters. The molecular formula is C17H22ClN3. The molecule has 1 heterocycles. The van der Waals surface area contributed by atoms with Crippen LogP contribution in [0.5, 0.6) is 0 Å². The first-order valence-corrected chi connectivity index (χ1v) is 7.59. The molecule has 0 bridgehead atoms. The zero-order chi connectivity index (χ0) is 15.6. The van der Waals surface area contributed by atoms with Gasteiger partial charge in [-0.2, -0.15) is 0 Å². The van der Waals surface area contributed by atoms with Gasteiger partial charge in [-0.1, -0.05) is 32.4 Å². The summed E-state index contributed by atoms with van der Waals surface area (Å²) in [5.74, 6) is 1.61. The van der Waals surface area contributed by atoms with E-state index in [9.17, 15) is 0 Å². The Morgan fingerprint density at radius 3 is 2.43 bits per heavy atom. The van der Waals surface area contributed by atoms with Gasteiger partial charge < -0.3 is 5.32 Å². The van der Waals surface area contributed by atoms with E-state index in [1.165, 1.54) is 0 Å². The van der Waals surface area contributed by atoms with Gasteiger partial charge in [-0.25, -0.2) is 9.97 Å². The zero-order valence-corrected chi connectivity index (χ0v) is 14.0. The number of rotatable bonds is 3. The molecule has 1 aromatic heterocycles. The lowest BCUT2D eigenvalue weighted by atomic mass is 9.91. The van der Waals surface area contributed by atoms with Gasteiger partial charge in [0.15, 0.2) is 5.82 Å². The number of nitrogens with zero attached hydrogens (tertiary/aromatic N) is 2. The molecule has 0 aliphatic rings. The average Bonchev–Trinajstić information content (AvgIpc) is 2.37. The standard InChI is InChI=1S/C17H22ClN3/c1-6-19-15-10-14(17(3,4)5)20-16(21-15)13-8-7-12(18)9-11(13)2/h7-10H,6H2,1-5H3,(H,19,20,21). The summed E-state index contributed by atoms with van der Waals surface area (Å²) in [5, 5.41) is 4.02. The fraction of sp³-hybridized carbons (Fsp3) is 0.412. The van der Waals surface area contributed by atoms with E-state index in [-0.39, 0.29) is 5.41 Å². The second kappa shape index (κ2) is 6.02. The van der Waals surface area contributed by atoms with Gasteiger partial charge in [0.2, 0.25) is 0 Å². The largest absolute Gasteiger partial charge is 0.370 e. The van der Waals surface area contributed by atoms with Gasteiger partial charge in [0.1, 0.15) is 5.82 Å². The number of halogens is 1. The van der Waals surface area contributed by atoms with Gasteiger partial charge in [0.25, 0.3) is 0 Å². The molecule has 21 heavy (non-hydrogen) atoms. The van der Waals surface area contributed by atoms with Gasteiger partial charge in [0, 0.05) is 28.6 Å². The van der Waals surface area contributed by atoms with Crippen molar-refractivity contribution in [2.45, 2.75) is 40.0 Å². The Bertz CT molecular complexity index is 645. The Morgan fingerprint density at radius 2 is 1.86 bits per heavy atom. The van der Waals surface area contributed by atoms with Crippen molar-refractivity contribution in [2.24, 2.45) is 0 Å². The van der Waals surface area contributed by atoms with E-state index in [1.807, 2.05) is 31.2 Å². The molecule has 0 saturated heterocycles. The minimum Gasteiger partial charge on any atom is -0.370 e. The highest BCUT2D eigenvalue weighted by Gasteiger charge is 2.19. The second-order valence-corrected chi connectivity index (χ2v) is 6.64. The van der Waals surface area contributed by atoms with E-state index >= 15 is 0 Å². The Hall–Kier alpha value is -1.61. The molecule has 0 aliphatic heterocycles. The van der Waals surface area contributed by atoms with E-state index in [1.54, 1.807) is 0 Å². The van der Waals surface area contributed by atoms with Crippen molar-refractivity contribution in [3.63, 3.8) is 0 Å². The Balaban J connectivity index is 2.59. The third kappa shape index (κ3) is 3.73. The fourth-order valence-corrected chi connectivity index (χ4v) is 2.33. The van der Waals surface area contributed by atoms with E-state index in [0.29, 0.717) is 0 Å². The number of benzene rings is 1. The van der Waals surface area contributed by atoms with Crippen molar-refractivity contribution >= 4 is 17.4 Å². The highest BCUT2D eigenvalue weighted by atomic mass is 35.5. The van der Waals surface area contributed by atoms with Crippen molar-refractivity contribution in [3.05, 3.63) is 40.5 Å². The maximum absolute atomic E-state index is 6.04. The first kappa shape index (κ1) is 15.8. The van der Waals surface area contributed by atoms with Crippen molar-refractivity contribution in [1.82, 2.24) is 9.97 Å². The van der Waals surface area contributed by atoms with Crippen LogP contribution < -0.4 is 5.32 Å². The summed E-state index contributed by atoms with van der Waals surface area (Å²) in [5.41, 5.74) is 3.10. The number of aryl methyl sites for hydroxylation is 1. The summed E-state index contributed by atoms with van der Waals surface area (Å²) in [6, 6.07) is 7.83. The predicted octanol–water partition coefficient (Wildman–Crippen LogP) is 4.83. The smallest absolute Gasteiger partial charge is 0.162 e. The first-order chi connectivity index (χ1) is 9.81. The maximum Gasteiger partial charge on any atom is 0.162 e. The van der Waals surface area contributed by atoms with Gasteiger partial charge >= 0.3 is 0 Å². The van der Waals surface area contributed by atoms with Crippen LogP contribution in [0.3, 0.4) is 0 Å². The molecule has 2 rings (SSSR count). The molecule has 0 aliphatic carbocycles. The van der Waals surface area contributed by atoms with Crippen LogP contribution >= 0.6 is 11.6 Å². The summed E-state index contributed by atoms with van der Waals surface area (Å²) < 4.78 is 0. The van der Waals surface area contributed by atoms with Crippen LogP contribution in [0.15, 0.2) is 24.3 Å². The molecule has 1 aromatic carbocycles. The number of nitrogens with one attached hydrogen (secondary N) is 1. The van der Waals surface area contributed by atoms with Crippen molar-refractivity contribution in [1.29, 1.82) is 0 Å². The maximum atomic E-state index is 6.04. The predicted molar refractivity (Wildman–Crippen MR) is 90.1 cm³/mol. The Kier molecular flexibility index (Phi) is 4.52. The van der Waals surface area contributed by atoms with Gasteiger partial charge in [-0.15, -0.1) is 0 Å². The van der Waals surface area contributed by atoms with Gasteiger partial charge in [-0.3, -0.25) is 0 Å². The lowest BCUT2D eigenvalue weighted by Gasteiger charge is -2.20. The summed E-state index contributed by atoms with van der Waals surface area (Å²) in [4.78, 5) is 9.39. The third-order valence-corrected chi connectivity index (χ3v) is 3.52. The average molecular weight is 304 g/mol. The molecular weight excluding hydrogens is 282 g/mol. The van der Waals surface area contributed by atoms with E-state index in [2.05, 4.69) is 38.0 Å². The first-order valence-electron chi connectivity index (χ1n) is 7.21. The monoisotopic (exact) mass is 303 g/mol. The molecule has 0 radical (unpaired) electrons. The van der Waals surface area contributed by atoms with Crippen LogP contribution in [-0.2, 0) is 5.41 Å². The lowest BCUT2D eigenvalue weighted by Crippen LogP contribution is -2.16. The second-order valence-electron chi connectivity index (χ2n) is 6.20. The van der Waals surface area contributed by atoms with Crippen LogP contribution in [0.25, 0.3) is 11.4 Å². The highest BCUT2D eigenvalue weighted by molar-refractivity contribution is 6.30. The van der Waals surface area contributed by atoms with Crippen molar-refractivity contribution in [3.8, 4) is 11.4 Å². The molecule has 2 aromatic rings. The molecule has 4 heteroatoms. The minimum atomic E-state index is -0.0256. The summed E-state index contributed by atoms with van der Waals surface area (Å²) >= 11 is 6.04. The Labute approximate surface area is 131 Å².